The van der Waals surface area contributed by atoms with E-state index in [1.807, 2.05) is 0 Å². The highest BCUT2D eigenvalue weighted by Gasteiger charge is 2.23. The van der Waals surface area contributed by atoms with Gasteiger partial charge in [0, 0.05) is 13.1 Å². The number of aliphatic hydroxyl groups excluding tert-OH is 1. The molecule has 0 radical (unpaired) electrons. The van der Waals surface area contributed by atoms with E-state index in [1.54, 1.807) is 13.8 Å². The van der Waals surface area contributed by atoms with Crippen molar-refractivity contribution >= 4 is 10.0 Å². The minimum Gasteiger partial charge on any atom is -0.395 e. The number of nitrogens with zero attached hydrogens (tertiary/aromatic N) is 1. The topological polar surface area (TPSA) is 57.6 Å². The quantitative estimate of drug-likeness (QED) is 0.633. The molecule has 0 aromatic rings. The van der Waals surface area contributed by atoms with Crippen LogP contribution in [0.5, 0.6) is 0 Å². The molecule has 5 heteroatoms. The number of hydrogen-bond donors (Lipinski definition) is 1. The van der Waals surface area contributed by atoms with Gasteiger partial charge in [-0.15, -0.1) is 6.58 Å². The van der Waals surface area contributed by atoms with Crippen molar-refractivity contribution < 1.29 is 13.5 Å². The summed E-state index contributed by atoms with van der Waals surface area (Å²) in [5.74, 6) is 0. The molecule has 78 valence electrons. The van der Waals surface area contributed by atoms with Crippen LogP contribution in [0.25, 0.3) is 0 Å². The first-order chi connectivity index (χ1) is 5.96. The minimum absolute atomic E-state index is 0.131. The van der Waals surface area contributed by atoms with E-state index in [9.17, 15) is 8.42 Å². The molecule has 0 fully saturated rings. The molecule has 0 aromatic heterocycles. The van der Waals surface area contributed by atoms with Crippen LogP contribution in [0.4, 0.5) is 0 Å². The van der Waals surface area contributed by atoms with E-state index in [0.29, 0.717) is 0 Å². The fourth-order valence-corrected chi connectivity index (χ4v) is 2.12. The van der Waals surface area contributed by atoms with Crippen molar-refractivity contribution in [2.24, 2.45) is 0 Å². The van der Waals surface area contributed by atoms with E-state index in [2.05, 4.69) is 6.58 Å². The Bertz CT molecular complexity index is 246. The highest BCUT2D eigenvalue weighted by molar-refractivity contribution is 7.89. The normalized spacial score (nSPS) is 12.4. The highest BCUT2D eigenvalue weighted by atomic mass is 32.2. The van der Waals surface area contributed by atoms with Gasteiger partial charge in [0.15, 0.2) is 0 Å². The summed E-state index contributed by atoms with van der Waals surface area (Å²) in [6, 6.07) is 0. The van der Waals surface area contributed by atoms with Crippen molar-refractivity contribution in [2.45, 2.75) is 19.1 Å². The third kappa shape index (κ3) is 3.46. The zero-order valence-corrected chi connectivity index (χ0v) is 8.92. The maximum atomic E-state index is 11.6. The van der Waals surface area contributed by atoms with Crippen molar-refractivity contribution in [3.05, 3.63) is 12.7 Å². The first kappa shape index (κ1) is 12.6. The molecular formula is C8H17NO3S. The average Bonchev–Trinajstić information content (AvgIpc) is 2.03. The molecule has 4 nitrogen and oxygen atoms in total. The Morgan fingerprint density at radius 1 is 1.54 bits per heavy atom. The van der Waals surface area contributed by atoms with Gasteiger partial charge < -0.3 is 5.11 Å². The van der Waals surface area contributed by atoms with Crippen molar-refractivity contribution in [1.82, 2.24) is 4.31 Å². The molecule has 0 atom stereocenters. The lowest BCUT2D eigenvalue weighted by molar-refractivity contribution is 0.259. The van der Waals surface area contributed by atoms with Crippen LogP contribution >= 0.6 is 0 Å². The van der Waals surface area contributed by atoms with E-state index >= 15 is 0 Å². The molecule has 0 aromatic carbocycles. The molecule has 0 bridgehead atoms. The number of hydrogen-bond acceptors (Lipinski definition) is 3. The summed E-state index contributed by atoms with van der Waals surface area (Å²) in [5.41, 5.74) is 0. The Balaban J connectivity index is 4.61. The summed E-state index contributed by atoms with van der Waals surface area (Å²) in [5, 5.41) is 8.21. The van der Waals surface area contributed by atoms with Gasteiger partial charge in [0.25, 0.3) is 0 Å². The molecule has 0 aliphatic heterocycles. The molecule has 13 heavy (non-hydrogen) atoms. The van der Waals surface area contributed by atoms with E-state index in [0.717, 1.165) is 0 Å². The minimum atomic E-state index is -3.26. The smallest absolute Gasteiger partial charge is 0.216 e. The third-order valence-electron chi connectivity index (χ3n) is 1.64. The zero-order valence-electron chi connectivity index (χ0n) is 8.10. The van der Waals surface area contributed by atoms with Gasteiger partial charge in [-0.3, -0.25) is 0 Å². The molecular weight excluding hydrogens is 190 g/mol. The fraction of sp³-hybridized carbons (Fsp3) is 0.750. The Morgan fingerprint density at radius 2 is 2.08 bits per heavy atom. The first-order valence-electron chi connectivity index (χ1n) is 4.17. The Labute approximate surface area is 79.9 Å². The van der Waals surface area contributed by atoms with E-state index in [4.69, 9.17) is 5.11 Å². The molecule has 0 rings (SSSR count). The lowest BCUT2D eigenvalue weighted by Crippen LogP contribution is -2.38. The van der Waals surface area contributed by atoms with Crippen LogP contribution in [-0.4, -0.2) is 42.8 Å². The SMILES string of the molecule is C=CCN(CCO)S(=O)(=O)C(C)C. The van der Waals surface area contributed by atoms with Gasteiger partial charge in [0.05, 0.1) is 11.9 Å². The zero-order chi connectivity index (χ0) is 10.5. The Kier molecular flexibility index (Phi) is 5.20. The summed E-state index contributed by atoms with van der Waals surface area (Å²) < 4.78 is 24.4. The van der Waals surface area contributed by atoms with Gasteiger partial charge in [-0.25, -0.2) is 8.42 Å². The van der Waals surface area contributed by atoms with Gasteiger partial charge >= 0.3 is 0 Å². The van der Waals surface area contributed by atoms with Crippen molar-refractivity contribution in [1.29, 1.82) is 0 Å². The Hall–Kier alpha value is -0.390. The molecule has 0 aliphatic carbocycles. The predicted molar refractivity (Wildman–Crippen MR) is 52.9 cm³/mol. The lowest BCUT2D eigenvalue weighted by Gasteiger charge is -2.21. The largest absolute Gasteiger partial charge is 0.395 e. The second kappa shape index (κ2) is 5.36. The predicted octanol–water partition coefficient (Wildman–Crippen LogP) is 0.205. The monoisotopic (exact) mass is 207 g/mol. The number of rotatable bonds is 6. The van der Waals surface area contributed by atoms with Crippen LogP contribution in [0.15, 0.2) is 12.7 Å². The second-order valence-electron chi connectivity index (χ2n) is 2.96. The van der Waals surface area contributed by atoms with E-state index in [-0.39, 0.29) is 19.7 Å². The lowest BCUT2D eigenvalue weighted by atomic mass is 10.6. The van der Waals surface area contributed by atoms with E-state index < -0.39 is 15.3 Å². The molecule has 0 aliphatic rings. The molecule has 1 N–H and O–H groups in total. The van der Waals surface area contributed by atoms with Crippen molar-refractivity contribution in [3.63, 3.8) is 0 Å². The van der Waals surface area contributed by atoms with Crippen LogP contribution in [0, 0.1) is 0 Å². The first-order valence-corrected chi connectivity index (χ1v) is 5.67. The molecule has 0 amide bonds. The highest BCUT2D eigenvalue weighted by Crippen LogP contribution is 2.07. The van der Waals surface area contributed by atoms with Crippen LogP contribution in [-0.2, 0) is 10.0 Å². The average molecular weight is 207 g/mol. The van der Waals surface area contributed by atoms with E-state index in [1.165, 1.54) is 10.4 Å². The molecule has 0 unspecified atom stereocenters. The van der Waals surface area contributed by atoms with Crippen LogP contribution in [0.1, 0.15) is 13.8 Å². The maximum Gasteiger partial charge on any atom is 0.216 e. The van der Waals surface area contributed by atoms with Crippen LogP contribution in [0.3, 0.4) is 0 Å². The summed E-state index contributed by atoms with van der Waals surface area (Å²) in [6.07, 6.45) is 1.51. The van der Waals surface area contributed by atoms with Crippen molar-refractivity contribution in [2.75, 3.05) is 19.7 Å². The standard InChI is InChI=1S/C8H17NO3S/c1-4-5-9(6-7-10)13(11,12)8(2)3/h4,8,10H,1,5-7H2,2-3H3. The fourth-order valence-electron chi connectivity index (χ4n) is 0.876. The van der Waals surface area contributed by atoms with Gasteiger partial charge in [0.2, 0.25) is 10.0 Å². The second-order valence-corrected chi connectivity index (χ2v) is 5.45. The Morgan fingerprint density at radius 3 is 2.38 bits per heavy atom. The molecule has 0 spiro atoms. The molecule has 0 heterocycles. The van der Waals surface area contributed by atoms with Gasteiger partial charge in [-0.2, -0.15) is 4.31 Å². The summed E-state index contributed by atoms with van der Waals surface area (Å²) in [4.78, 5) is 0. The number of sulfonamides is 1. The van der Waals surface area contributed by atoms with Crippen LogP contribution < -0.4 is 0 Å². The molecule has 0 saturated heterocycles. The van der Waals surface area contributed by atoms with Crippen LogP contribution in [0.2, 0.25) is 0 Å². The summed E-state index contributed by atoms with van der Waals surface area (Å²) in [7, 11) is -3.26. The summed E-state index contributed by atoms with van der Waals surface area (Å²) >= 11 is 0. The third-order valence-corrected chi connectivity index (χ3v) is 3.88. The maximum absolute atomic E-state index is 11.6. The van der Waals surface area contributed by atoms with Gasteiger partial charge in [-0.1, -0.05) is 6.08 Å². The number of aliphatic hydroxyl groups is 1. The summed E-state index contributed by atoms with van der Waals surface area (Å²) in [6.45, 7) is 6.91. The molecule has 0 saturated carbocycles. The van der Waals surface area contributed by atoms with Gasteiger partial charge in [-0.05, 0) is 13.8 Å². The van der Waals surface area contributed by atoms with Gasteiger partial charge in [0.1, 0.15) is 0 Å². The van der Waals surface area contributed by atoms with Crippen molar-refractivity contribution in [3.8, 4) is 0 Å².